The van der Waals surface area contributed by atoms with Gasteiger partial charge >= 0.3 is 0 Å². The summed E-state index contributed by atoms with van der Waals surface area (Å²) in [6.45, 7) is 4.18. The highest BCUT2D eigenvalue weighted by atomic mass is 32.1. The number of azide groups is 1. The van der Waals surface area contributed by atoms with Gasteiger partial charge in [-0.3, -0.25) is 0 Å². The van der Waals surface area contributed by atoms with Crippen molar-refractivity contribution in [3.8, 4) is 0 Å². The minimum Gasteiger partial charge on any atom is -0.398 e. The molecule has 2 N–H and O–H groups in total. The molecule has 0 spiro atoms. The van der Waals surface area contributed by atoms with Gasteiger partial charge in [0.25, 0.3) is 0 Å². The summed E-state index contributed by atoms with van der Waals surface area (Å²) in [4.78, 5) is 3.58. The molecule has 0 aliphatic rings. The standard InChI is InChI=1S/C9H12N4S/c1-5-7(4-12-13-11)3-8(10)6(2)9(5)14/h3,14H,4,10H2,1-2H3. The van der Waals surface area contributed by atoms with Crippen molar-refractivity contribution in [1.29, 1.82) is 0 Å². The van der Waals surface area contributed by atoms with E-state index in [4.69, 9.17) is 11.3 Å². The molecule has 0 aliphatic heterocycles. The lowest BCUT2D eigenvalue weighted by Crippen LogP contribution is -1.97. The summed E-state index contributed by atoms with van der Waals surface area (Å²) in [5.41, 5.74) is 17.6. The first kappa shape index (κ1) is 10.8. The molecule has 4 nitrogen and oxygen atoms in total. The smallest absolute Gasteiger partial charge is 0.0514 e. The van der Waals surface area contributed by atoms with Crippen LogP contribution in [-0.4, -0.2) is 0 Å². The van der Waals surface area contributed by atoms with Crippen LogP contribution in [0.4, 0.5) is 5.69 Å². The highest BCUT2D eigenvalue weighted by Gasteiger charge is 2.07. The lowest BCUT2D eigenvalue weighted by molar-refractivity contribution is 1.01. The van der Waals surface area contributed by atoms with Gasteiger partial charge in [-0.1, -0.05) is 5.11 Å². The Balaban J connectivity index is 3.25. The first-order valence-electron chi connectivity index (χ1n) is 4.16. The van der Waals surface area contributed by atoms with Crippen LogP contribution < -0.4 is 5.73 Å². The van der Waals surface area contributed by atoms with E-state index in [2.05, 4.69) is 22.7 Å². The molecule has 14 heavy (non-hydrogen) atoms. The molecule has 0 fully saturated rings. The van der Waals surface area contributed by atoms with Crippen LogP contribution in [0.15, 0.2) is 16.1 Å². The largest absolute Gasteiger partial charge is 0.398 e. The van der Waals surface area contributed by atoms with Gasteiger partial charge in [0, 0.05) is 15.5 Å². The topological polar surface area (TPSA) is 74.8 Å². The summed E-state index contributed by atoms with van der Waals surface area (Å²) in [6.07, 6.45) is 0. The van der Waals surface area contributed by atoms with Crippen LogP contribution in [0.2, 0.25) is 0 Å². The first-order valence-corrected chi connectivity index (χ1v) is 4.61. The molecule has 0 amide bonds. The average molecular weight is 208 g/mol. The summed E-state index contributed by atoms with van der Waals surface area (Å²) < 4.78 is 0. The SMILES string of the molecule is Cc1c(N)cc(CN=[N+]=[N-])c(C)c1S. The number of hydrogen-bond acceptors (Lipinski definition) is 3. The van der Waals surface area contributed by atoms with Crippen molar-refractivity contribution in [3.63, 3.8) is 0 Å². The molecule has 74 valence electrons. The third-order valence-electron chi connectivity index (χ3n) is 2.26. The number of nitrogens with zero attached hydrogens (tertiary/aromatic N) is 3. The van der Waals surface area contributed by atoms with Crippen LogP contribution in [-0.2, 0) is 6.54 Å². The van der Waals surface area contributed by atoms with Gasteiger partial charge in [0.05, 0.1) is 6.54 Å². The molecule has 0 bridgehead atoms. The van der Waals surface area contributed by atoms with E-state index in [1.54, 1.807) is 0 Å². The maximum absolute atomic E-state index is 8.22. The molecule has 0 heterocycles. The van der Waals surface area contributed by atoms with Crippen molar-refractivity contribution >= 4 is 18.3 Å². The van der Waals surface area contributed by atoms with E-state index in [1.165, 1.54) is 0 Å². The zero-order valence-corrected chi connectivity index (χ0v) is 9.05. The number of nitrogens with two attached hydrogens (primary N) is 1. The highest BCUT2D eigenvalue weighted by molar-refractivity contribution is 7.80. The minimum absolute atomic E-state index is 0.320. The Morgan fingerprint density at radius 1 is 1.50 bits per heavy atom. The van der Waals surface area contributed by atoms with Crippen molar-refractivity contribution < 1.29 is 0 Å². The fourth-order valence-electron chi connectivity index (χ4n) is 1.25. The van der Waals surface area contributed by atoms with Crippen molar-refractivity contribution in [2.75, 3.05) is 5.73 Å². The molecule has 0 aromatic heterocycles. The molecule has 0 unspecified atom stereocenters. The van der Waals surface area contributed by atoms with E-state index in [9.17, 15) is 0 Å². The Bertz CT molecular complexity index is 408. The van der Waals surface area contributed by atoms with E-state index in [1.807, 2.05) is 19.9 Å². The summed E-state index contributed by atoms with van der Waals surface area (Å²) in [7, 11) is 0. The molecule has 1 aromatic rings. The van der Waals surface area contributed by atoms with Crippen molar-refractivity contribution in [2.24, 2.45) is 5.11 Å². The van der Waals surface area contributed by atoms with Gasteiger partial charge in [-0.25, -0.2) is 0 Å². The van der Waals surface area contributed by atoms with E-state index < -0.39 is 0 Å². The van der Waals surface area contributed by atoms with Gasteiger partial charge in [-0.15, -0.1) is 12.6 Å². The second kappa shape index (κ2) is 4.26. The molecular weight excluding hydrogens is 196 g/mol. The van der Waals surface area contributed by atoms with Crippen molar-refractivity contribution in [2.45, 2.75) is 25.3 Å². The Morgan fingerprint density at radius 3 is 2.71 bits per heavy atom. The van der Waals surface area contributed by atoms with Gasteiger partial charge in [-0.05, 0) is 42.1 Å². The zero-order chi connectivity index (χ0) is 10.7. The van der Waals surface area contributed by atoms with Crippen molar-refractivity contribution in [1.82, 2.24) is 0 Å². The normalized spacial score (nSPS) is 9.64. The van der Waals surface area contributed by atoms with E-state index in [0.29, 0.717) is 12.2 Å². The fourth-order valence-corrected chi connectivity index (χ4v) is 1.52. The van der Waals surface area contributed by atoms with Gasteiger partial charge in [0.15, 0.2) is 0 Å². The lowest BCUT2D eigenvalue weighted by Gasteiger charge is -2.11. The third kappa shape index (κ3) is 1.95. The number of benzene rings is 1. The Labute approximate surface area is 88.2 Å². The quantitative estimate of drug-likeness (QED) is 0.253. The zero-order valence-electron chi connectivity index (χ0n) is 8.15. The minimum atomic E-state index is 0.320. The maximum atomic E-state index is 8.22. The fraction of sp³-hybridized carbons (Fsp3) is 0.333. The summed E-state index contributed by atoms with van der Waals surface area (Å²) in [5, 5.41) is 3.51. The lowest BCUT2D eigenvalue weighted by atomic mass is 10.0. The van der Waals surface area contributed by atoms with Crippen LogP contribution in [0.1, 0.15) is 16.7 Å². The maximum Gasteiger partial charge on any atom is 0.0514 e. The molecule has 0 radical (unpaired) electrons. The van der Waals surface area contributed by atoms with E-state index in [0.717, 1.165) is 21.6 Å². The first-order chi connectivity index (χ1) is 6.57. The van der Waals surface area contributed by atoms with Crippen LogP contribution >= 0.6 is 12.6 Å². The monoisotopic (exact) mass is 208 g/mol. The third-order valence-corrected chi connectivity index (χ3v) is 2.93. The summed E-state index contributed by atoms with van der Waals surface area (Å²) >= 11 is 4.36. The van der Waals surface area contributed by atoms with Gasteiger partial charge in [0.2, 0.25) is 0 Å². The molecule has 0 saturated carbocycles. The van der Waals surface area contributed by atoms with Gasteiger partial charge < -0.3 is 5.73 Å². The number of rotatable bonds is 2. The molecule has 0 atom stereocenters. The van der Waals surface area contributed by atoms with Crippen LogP contribution in [0.3, 0.4) is 0 Å². The Morgan fingerprint density at radius 2 is 2.14 bits per heavy atom. The van der Waals surface area contributed by atoms with Gasteiger partial charge in [-0.2, -0.15) is 0 Å². The molecule has 1 aromatic carbocycles. The number of hydrogen-bond donors (Lipinski definition) is 2. The van der Waals surface area contributed by atoms with Crippen LogP contribution in [0, 0.1) is 13.8 Å². The average Bonchev–Trinajstić information content (AvgIpc) is 2.18. The predicted molar refractivity (Wildman–Crippen MR) is 60.4 cm³/mol. The second-order valence-corrected chi connectivity index (χ2v) is 3.56. The van der Waals surface area contributed by atoms with Gasteiger partial charge in [0.1, 0.15) is 0 Å². The summed E-state index contributed by atoms with van der Waals surface area (Å²) in [5.74, 6) is 0. The van der Waals surface area contributed by atoms with Crippen LogP contribution in [0.5, 0.6) is 0 Å². The van der Waals surface area contributed by atoms with Crippen molar-refractivity contribution in [3.05, 3.63) is 33.2 Å². The van der Waals surface area contributed by atoms with E-state index in [-0.39, 0.29) is 0 Å². The van der Waals surface area contributed by atoms with Crippen LogP contribution in [0.25, 0.3) is 10.4 Å². The molecule has 5 heteroatoms. The molecule has 0 aliphatic carbocycles. The Hall–Kier alpha value is -1.32. The molecule has 1 rings (SSSR count). The Kier molecular flexibility index (Phi) is 3.28. The summed E-state index contributed by atoms with van der Waals surface area (Å²) in [6, 6.07) is 1.83. The molecule has 0 saturated heterocycles. The second-order valence-electron chi connectivity index (χ2n) is 3.11. The predicted octanol–water partition coefficient (Wildman–Crippen LogP) is 2.98. The highest BCUT2D eigenvalue weighted by Crippen LogP contribution is 2.27. The number of thiol groups is 1. The molecular formula is C9H12N4S. The van der Waals surface area contributed by atoms with E-state index >= 15 is 0 Å². The number of nitrogen functional groups attached to an aromatic ring is 1. The number of anilines is 1.